The lowest BCUT2D eigenvalue weighted by atomic mass is 9.86. The van der Waals surface area contributed by atoms with Gasteiger partial charge in [-0.15, -0.1) is 0 Å². The standard InChI is InChI=1S/C33H52N2O18/c1-12-19(34-16-7-13(9-36)20(39)23(42)21(16)40)22(41)26(45)31(48-12)52-29-18(11-38)51-33(28(47)25(29)44)53-30-17(10-37)50-32(27(46)24(30)43)49-15-6-4-5-14(8-15)35(2)3/h4-8,12,16-34,36-47H,9-11H2,1-3H3. The van der Waals surface area contributed by atoms with Crippen LogP contribution in [0.1, 0.15) is 6.92 Å². The Kier molecular flexibility index (Phi) is 14.1. The Morgan fingerprint density at radius 3 is 1.79 bits per heavy atom. The molecule has 0 amide bonds. The van der Waals surface area contributed by atoms with Crippen molar-refractivity contribution < 1.29 is 89.7 Å². The smallest absolute Gasteiger partial charge is 0.229 e. The van der Waals surface area contributed by atoms with Crippen LogP contribution in [0.2, 0.25) is 0 Å². The molecule has 19 unspecified atom stereocenters. The molecule has 3 fully saturated rings. The van der Waals surface area contributed by atoms with Gasteiger partial charge in [0, 0.05) is 25.8 Å². The van der Waals surface area contributed by atoms with E-state index in [-0.39, 0.29) is 5.57 Å². The first-order valence-electron chi connectivity index (χ1n) is 17.2. The van der Waals surface area contributed by atoms with E-state index in [1.165, 1.54) is 13.0 Å². The highest BCUT2D eigenvalue weighted by Gasteiger charge is 2.54. The number of rotatable bonds is 12. The fourth-order valence-corrected chi connectivity index (χ4v) is 6.87. The molecule has 13 N–H and O–H groups in total. The van der Waals surface area contributed by atoms with Gasteiger partial charge in [0.05, 0.1) is 38.0 Å². The maximum absolute atomic E-state index is 11.1. The zero-order chi connectivity index (χ0) is 38.9. The minimum absolute atomic E-state index is 0.0248. The monoisotopic (exact) mass is 764 g/mol. The Labute approximate surface area is 304 Å². The molecule has 1 aliphatic carbocycles. The molecule has 19 atom stereocenters. The Morgan fingerprint density at radius 2 is 1.23 bits per heavy atom. The van der Waals surface area contributed by atoms with Gasteiger partial charge in [-0.05, 0) is 24.6 Å². The second kappa shape index (κ2) is 17.7. The van der Waals surface area contributed by atoms with Crippen LogP contribution in [0, 0.1) is 0 Å². The van der Waals surface area contributed by atoms with Gasteiger partial charge in [0.15, 0.2) is 12.6 Å². The first-order valence-corrected chi connectivity index (χ1v) is 17.2. The van der Waals surface area contributed by atoms with Gasteiger partial charge in [0.1, 0.15) is 85.1 Å². The molecule has 1 aromatic carbocycles. The van der Waals surface area contributed by atoms with Crippen molar-refractivity contribution in [1.82, 2.24) is 5.32 Å². The molecule has 3 saturated heterocycles. The van der Waals surface area contributed by atoms with Gasteiger partial charge in [-0.2, -0.15) is 0 Å². The summed E-state index contributed by atoms with van der Waals surface area (Å²) >= 11 is 0. The highest BCUT2D eigenvalue weighted by atomic mass is 16.8. The number of nitrogens with zero attached hydrogens (tertiary/aromatic N) is 1. The first kappa shape index (κ1) is 42.0. The SMILES string of the molecule is CC1OC(OC2C(CO)OC(OC3C(CO)OC(Oc4cccc(N(C)C)c4)C(O)C3O)C(O)C2O)C(O)C(O)C1NC1C=C(CO)C(O)C(O)C1O. The summed E-state index contributed by atoms with van der Waals surface area (Å²) in [6, 6.07) is 4.63. The van der Waals surface area contributed by atoms with Gasteiger partial charge >= 0.3 is 0 Å². The molecule has 3 heterocycles. The summed E-state index contributed by atoms with van der Waals surface area (Å²) in [4.78, 5) is 1.82. The van der Waals surface area contributed by atoms with Crippen LogP contribution in [0.25, 0.3) is 0 Å². The van der Waals surface area contributed by atoms with Gasteiger partial charge in [-0.25, -0.2) is 0 Å². The molecule has 53 heavy (non-hydrogen) atoms. The van der Waals surface area contributed by atoms with Crippen LogP contribution in [0.4, 0.5) is 5.69 Å². The average molecular weight is 765 g/mol. The molecule has 20 nitrogen and oxygen atoms in total. The molecule has 4 aliphatic rings. The van der Waals surface area contributed by atoms with Gasteiger partial charge < -0.3 is 99.9 Å². The minimum atomic E-state index is -1.94. The number of nitrogens with one attached hydrogen (secondary N) is 1. The zero-order valence-electron chi connectivity index (χ0n) is 29.2. The number of aliphatic hydroxyl groups excluding tert-OH is 12. The third-order valence-electron chi connectivity index (χ3n) is 10.0. The summed E-state index contributed by atoms with van der Waals surface area (Å²) in [5.41, 5.74) is 0.805. The molecule has 0 spiro atoms. The van der Waals surface area contributed by atoms with Crippen molar-refractivity contribution in [2.24, 2.45) is 0 Å². The molecule has 0 saturated carbocycles. The molecule has 5 rings (SSSR count). The van der Waals surface area contributed by atoms with Gasteiger partial charge in [0.2, 0.25) is 6.29 Å². The van der Waals surface area contributed by atoms with Crippen LogP contribution < -0.4 is 15.0 Å². The summed E-state index contributed by atoms with van der Waals surface area (Å²) in [7, 11) is 3.64. The predicted octanol–water partition coefficient (Wildman–Crippen LogP) is -6.41. The largest absolute Gasteiger partial charge is 0.462 e. The Bertz CT molecular complexity index is 1360. The normalized spacial score (nSPS) is 45.0. The topological polar surface area (TPSA) is 313 Å². The van der Waals surface area contributed by atoms with Gasteiger partial charge in [-0.3, -0.25) is 0 Å². The molecule has 0 radical (unpaired) electrons. The average Bonchev–Trinajstić information content (AvgIpc) is 3.14. The lowest BCUT2D eigenvalue weighted by Crippen LogP contribution is -2.68. The number of ether oxygens (including phenoxy) is 6. The van der Waals surface area contributed by atoms with Crippen LogP contribution in [0.15, 0.2) is 35.9 Å². The number of aliphatic hydroxyl groups is 12. The Hall–Kier alpha value is -2.16. The minimum Gasteiger partial charge on any atom is -0.462 e. The fourth-order valence-electron chi connectivity index (χ4n) is 6.87. The fraction of sp³-hybridized carbons (Fsp3) is 0.758. The Balaban J connectivity index is 1.22. The Morgan fingerprint density at radius 1 is 0.679 bits per heavy atom. The molecular weight excluding hydrogens is 712 g/mol. The lowest BCUT2D eigenvalue weighted by molar-refractivity contribution is -0.372. The summed E-state index contributed by atoms with van der Waals surface area (Å²) in [5, 5.41) is 129. The van der Waals surface area contributed by atoms with E-state index in [1.807, 2.05) is 25.1 Å². The maximum Gasteiger partial charge on any atom is 0.229 e. The summed E-state index contributed by atoms with van der Waals surface area (Å²) in [6.07, 6.45) is -26.0. The second-order valence-electron chi connectivity index (χ2n) is 13.9. The van der Waals surface area contributed by atoms with Crippen LogP contribution >= 0.6 is 0 Å². The van der Waals surface area contributed by atoms with Crippen molar-refractivity contribution in [3.8, 4) is 5.75 Å². The number of hydrogen-bond acceptors (Lipinski definition) is 20. The summed E-state index contributed by atoms with van der Waals surface area (Å²) in [5.74, 6) is 0.299. The number of anilines is 1. The third-order valence-corrected chi connectivity index (χ3v) is 10.0. The van der Waals surface area contributed by atoms with E-state index in [0.717, 1.165) is 5.69 Å². The van der Waals surface area contributed by atoms with Crippen molar-refractivity contribution in [3.63, 3.8) is 0 Å². The van der Waals surface area contributed by atoms with Crippen LogP contribution in [0.3, 0.4) is 0 Å². The predicted molar refractivity (Wildman–Crippen MR) is 177 cm³/mol. The van der Waals surface area contributed by atoms with E-state index in [2.05, 4.69) is 5.32 Å². The lowest BCUT2D eigenvalue weighted by Gasteiger charge is -2.48. The first-order chi connectivity index (χ1) is 25.1. The second-order valence-corrected chi connectivity index (χ2v) is 13.9. The van der Waals surface area contributed by atoms with Crippen LogP contribution in [0.5, 0.6) is 5.75 Å². The quantitative estimate of drug-likeness (QED) is 0.0881. The van der Waals surface area contributed by atoms with Crippen molar-refractivity contribution in [2.45, 2.75) is 123 Å². The van der Waals surface area contributed by atoms with E-state index in [1.54, 1.807) is 18.2 Å². The third kappa shape index (κ3) is 8.80. The molecular formula is C33H52N2O18. The molecule has 20 heteroatoms. The summed E-state index contributed by atoms with van der Waals surface area (Å²) in [6.45, 7) is -0.695. The van der Waals surface area contributed by atoms with E-state index in [4.69, 9.17) is 28.4 Å². The van der Waals surface area contributed by atoms with E-state index in [0.29, 0.717) is 5.75 Å². The van der Waals surface area contributed by atoms with Crippen molar-refractivity contribution >= 4 is 5.69 Å². The highest BCUT2D eigenvalue weighted by molar-refractivity contribution is 5.49. The maximum atomic E-state index is 11.1. The molecule has 1 aromatic rings. The van der Waals surface area contributed by atoms with E-state index in [9.17, 15) is 61.3 Å². The summed E-state index contributed by atoms with van der Waals surface area (Å²) < 4.78 is 34.4. The molecule has 0 aromatic heterocycles. The van der Waals surface area contributed by atoms with Gasteiger partial charge in [0.25, 0.3) is 0 Å². The number of hydrogen-bond donors (Lipinski definition) is 13. The number of benzene rings is 1. The molecule has 0 bridgehead atoms. The van der Waals surface area contributed by atoms with Crippen molar-refractivity contribution in [3.05, 3.63) is 35.9 Å². The van der Waals surface area contributed by atoms with Crippen LogP contribution in [-0.2, 0) is 23.7 Å². The molecule has 3 aliphatic heterocycles. The highest BCUT2D eigenvalue weighted by Crippen LogP contribution is 2.34. The molecule has 302 valence electrons. The zero-order valence-corrected chi connectivity index (χ0v) is 29.2. The van der Waals surface area contributed by atoms with Crippen LogP contribution in [-0.4, -0.2) is 212 Å². The van der Waals surface area contributed by atoms with Crippen molar-refractivity contribution in [2.75, 3.05) is 38.8 Å². The van der Waals surface area contributed by atoms with E-state index >= 15 is 0 Å². The van der Waals surface area contributed by atoms with Gasteiger partial charge in [-0.1, -0.05) is 12.1 Å². The van der Waals surface area contributed by atoms with E-state index < -0.39 is 136 Å². The van der Waals surface area contributed by atoms with Crippen molar-refractivity contribution in [1.29, 1.82) is 0 Å².